The number of non-ortho nitro benzene ring substituents is 1. The van der Waals surface area contributed by atoms with Gasteiger partial charge in [0.2, 0.25) is 5.91 Å². The Labute approximate surface area is 211 Å². The normalized spacial score (nSPS) is 11.4. The monoisotopic (exact) mass is 478 g/mol. The lowest BCUT2D eigenvalue weighted by Crippen LogP contribution is -2.22. The van der Waals surface area contributed by atoms with Gasteiger partial charge in [-0.1, -0.05) is 114 Å². The molecule has 0 unspecified atom stereocenters. The summed E-state index contributed by atoms with van der Waals surface area (Å²) in [6.07, 6.45) is 18.5. The number of rotatable bonds is 18. The number of unbranched alkanes of at least 4 members (excludes halogenated alkanes) is 12. The molecule has 2 aromatic carbocycles. The van der Waals surface area contributed by atoms with Gasteiger partial charge < -0.3 is 5.32 Å². The van der Waals surface area contributed by atoms with Gasteiger partial charge in [-0.05, 0) is 35.3 Å². The Morgan fingerprint density at radius 1 is 0.743 bits per heavy atom. The standard InChI is InChI=1S/C30H42N2O3/c1-2-3-4-5-6-7-8-9-10-11-12-13-17-24-31-30(33)25-29(26-18-15-14-16-19-26)27-20-22-28(23-21-27)32(34)35/h14-16,18-23,25H,2-13,17,24H2,1H3,(H,31,33)/b29-25-. The van der Waals surface area contributed by atoms with Gasteiger partial charge in [-0.2, -0.15) is 0 Å². The molecule has 0 atom stereocenters. The fourth-order valence-electron chi connectivity index (χ4n) is 4.25. The Kier molecular flexibility index (Phi) is 14.1. The summed E-state index contributed by atoms with van der Waals surface area (Å²) in [5.41, 5.74) is 2.46. The van der Waals surface area contributed by atoms with Gasteiger partial charge in [0.1, 0.15) is 0 Å². The van der Waals surface area contributed by atoms with Crippen molar-refractivity contribution < 1.29 is 9.72 Å². The van der Waals surface area contributed by atoms with Gasteiger partial charge in [0.15, 0.2) is 0 Å². The number of hydrogen-bond acceptors (Lipinski definition) is 3. The highest BCUT2D eigenvalue weighted by Gasteiger charge is 2.10. The number of benzene rings is 2. The summed E-state index contributed by atoms with van der Waals surface area (Å²) in [5, 5.41) is 14.0. The first-order chi connectivity index (χ1) is 17.1. The zero-order chi connectivity index (χ0) is 25.1. The van der Waals surface area contributed by atoms with E-state index < -0.39 is 4.92 Å². The molecular weight excluding hydrogens is 436 g/mol. The first-order valence-electron chi connectivity index (χ1n) is 13.4. The smallest absolute Gasteiger partial charge is 0.269 e. The Hall–Kier alpha value is -2.95. The quantitative estimate of drug-likeness (QED) is 0.101. The third-order valence-electron chi connectivity index (χ3n) is 6.33. The molecule has 5 heteroatoms. The molecule has 0 radical (unpaired) electrons. The van der Waals surface area contributed by atoms with Gasteiger partial charge >= 0.3 is 0 Å². The second-order valence-corrected chi connectivity index (χ2v) is 9.26. The van der Waals surface area contributed by atoms with Crippen molar-refractivity contribution in [2.45, 2.75) is 90.4 Å². The lowest BCUT2D eigenvalue weighted by molar-refractivity contribution is -0.384. The van der Waals surface area contributed by atoms with Crippen LogP contribution in [0.1, 0.15) is 102 Å². The SMILES string of the molecule is CCCCCCCCCCCCCCCNC(=O)/C=C(/c1ccccc1)c1ccc([N+](=O)[O-])cc1. The second kappa shape index (κ2) is 17.5. The maximum Gasteiger partial charge on any atom is 0.269 e. The van der Waals surface area contributed by atoms with Crippen molar-refractivity contribution in [2.75, 3.05) is 6.54 Å². The van der Waals surface area contributed by atoms with Crippen LogP contribution < -0.4 is 5.32 Å². The zero-order valence-corrected chi connectivity index (χ0v) is 21.3. The minimum absolute atomic E-state index is 0.0352. The second-order valence-electron chi connectivity index (χ2n) is 9.26. The molecule has 0 fully saturated rings. The van der Waals surface area contributed by atoms with Crippen LogP contribution in [0, 0.1) is 10.1 Å². The van der Waals surface area contributed by atoms with Crippen LogP contribution in [0.5, 0.6) is 0 Å². The molecule has 35 heavy (non-hydrogen) atoms. The molecule has 2 aromatic rings. The summed E-state index contributed by atoms with van der Waals surface area (Å²) in [6, 6.07) is 16.0. The van der Waals surface area contributed by atoms with Crippen molar-refractivity contribution in [3.63, 3.8) is 0 Å². The lowest BCUT2D eigenvalue weighted by Gasteiger charge is -2.09. The van der Waals surface area contributed by atoms with E-state index in [9.17, 15) is 14.9 Å². The van der Waals surface area contributed by atoms with Crippen molar-refractivity contribution >= 4 is 17.2 Å². The van der Waals surface area contributed by atoms with Crippen LogP contribution in [0.3, 0.4) is 0 Å². The molecule has 0 aliphatic heterocycles. The highest BCUT2D eigenvalue weighted by molar-refractivity contribution is 5.99. The summed E-state index contributed by atoms with van der Waals surface area (Å²) in [5.74, 6) is -0.138. The fourth-order valence-corrected chi connectivity index (χ4v) is 4.25. The van der Waals surface area contributed by atoms with Crippen molar-refractivity contribution in [3.05, 3.63) is 81.9 Å². The minimum atomic E-state index is -0.419. The van der Waals surface area contributed by atoms with Crippen LogP contribution in [0.15, 0.2) is 60.7 Å². The molecule has 2 rings (SSSR count). The van der Waals surface area contributed by atoms with Gasteiger partial charge in [0.05, 0.1) is 4.92 Å². The Morgan fingerprint density at radius 3 is 1.74 bits per heavy atom. The molecule has 5 nitrogen and oxygen atoms in total. The van der Waals surface area contributed by atoms with E-state index in [2.05, 4.69) is 12.2 Å². The van der Waals surface area contributed by atoms with E-state index in [-0.39, 0.29) is 11.6 Å². The van der Waals surface area contributed by atoms with Crippen molar-refractivity contribution in [3.8, 4) is 0 Å². The molecular formula is C30H42N2O3. The molecule has 0 aliphatic rings. The van der Waals surface area contributed by atoms with Gasteiger partial charge in [-0.15, -0.1) is 0 Å². The molecule has 190 valence electrons. The molecule has 0 saturated heterocycles. The summed E-state index contributed by atoms with van der Waals surface area (Å²) in [7, 11) is 0. The molecule has 0 aromatic heterocycles. The van der Waals surface area contributed by atoms with E-state index in [0.717, 1.165) is 29.5 Å². The number of carbonyl (C=O) groups is 1. The molecule has 0 saturated carbocycles. The van der Waals surface area contributed by atoms with Crippen LogP contribution in [-0.4, -0.2) is 17.4 Å². The van der Waals surface area contributed by atoms with Crippen molar-refractivity contribution in [2.24, 2.45) is 0 Å². The largest absolute Gasteiger partial charge is 0.353 e. The van der Waals surface area contributed by atoms with E-state index in [1.54, 1.807) is 18.2 Å². The Balaban J connectivity index is 1.69. The Morgan fingerprint density at radius 2 is 1.23 bits per heavy atom. The van der Waals surface area contributed by atoms with Gasteiger partial charge in [-0.3, -0.25) is 14.9 Å². The summed E-state index contributed by atoms with van der Waals surface area (Å²) >= 11 is 0. The van der Waals surface area contributed by atoms with Crippen LogP contribution in [0.2, 0.25) is 0 Å². The van der Waals surface area contributed by atoms with E-state index in [1.807, 2.05) is 30.3 Å². The number of nitrogens with one attached hydrogen (secondary N) is 1. The predicted molar refractivity (Wildman–Crippen MR) is 145 cm³/mol. The summed E-state index contributed by atoms with van der Waals surface area (Å²) in [4.78, 5) is 23.1. The number of nitro groups is 1. The average Bonchev–Trinajstić information content (AvgIpc) is 2.88. The van der Waals surface area contributed by atoms with E-state index in [4.69, 9.17) is 0 Å². The predicted octanol–water partition coefficient (Wildman–Crippen LogP) is 8.23. The van der Waals surface area contributed by atoms with Crippen LogP contribution in [0.25, 0.3) is 5.57 Å². The molecule has 1 amide bonds. The highest BCUT2D eigenvalue weighted by atomic mass is 16.6. The van der Waals surface area contributed by atoms with Crippen molar-refractivity contribution in [1.82, 2.24) is 5.32 Å². The molecule has 0 spiro atoms. The van der Waals surface area contributed by atoms with E-state index in [0.29, 0.717) is 6.54 Å². The molecule has 1 N–H and O–H groups in total. The van der Waals surface area contributed by atoms with E-state index >= 15 is 0 Å². The summed E-state index contributed by atoms with van der Waals surface area (Å²) in [6.45, 7) is 2.92. The average molecular weight is 479 g/mol. The number of nitrogens with zero attached hydrogens (tertiary/aromatic N) is 1. The number of carbonyl (C=O) groups excluding carboxylic acids is 1. The van der Waals surface area contributed by atoms with Crippen LogP contribution >= 0.6 is 0 Å². The van der Waals surface area contributed by atoms with E-state index in [1.165, 1.54) is 82.8 Å². The Bertz CT molecular complexity index is 892. The topological polar surface area (TPSA) is 72.2 Å². The molecule has 0 bridgehead atoms. The summed E-state index contributed by atoms with van der Waals surface area (Å²) < 4.78 is 0. The van der Waals surface area contributed by atoms with Gasteiger partial charge in [0.25, 0.3) is 5.69 Å². The van der Waals surface area contributed by atoms with Crippen LogP contribution in [-0.2, 0) is 4.79 Å². The fraction of sp³-hybridized carbons (Fsp3) is 0.500. The first-order valence-corrected chi connectivity index (χ1v) is 13.4. The number of hydrogen-bond donors (Lipinski definition) is 1. The maximum atomic E-state index is 12.6. The zero-order valence-electron chi connectivity index (χ0n) is 21.3. The lowest BCUT2D eigenvalue weighted by atomic mass is 9.97. The maximum absolute atomic E-state index is 12.6. The number of nitro benzene ring substituents is 1. The molecule has 0 aliphatic carbocycles. The van der Waals surface area contributed by atoms with Gasteiger partial charge in [-0.25, -0.2) is 0 Å². The first kappa shape index (κ1) is 28.3. The minimum Gasteiger partial charge on any atom is -0.353 e. The van der Waals surface area contributed by atoms with Gasteiger partial charge in [0, 0.05) is 24.8 Å². The van der Waals surface area contributed by atoms with Crippen molar-refractivity contribution in [1.29, 1.82) is 0 Å². The highest BCUT2D eigenvalue weighted by Crippen LogP contribution is 2.25. The third-order valence-corrected chi connectivity index (χ3v) is 6.33. The molecule has 0 heterocycles. The van der Waals surface area contributed by atoms with Crippen LogP contribution in [0.4, 0.5) is 5.69 Å². The third kappa shape index (κ3) is 11.8. The number of amides is 1.